The lowest BCUT2D eigenvalue weighted by atomic mass is 9.92. The Morgan fingerprint density at radius 3 is 2.83 bits per heavy atom. The Labute approximate surface area is 145 Å². The van der Waals surface area contributed by atoms with Gasteiger partial charge in [-0.3, -0.25) is 4.79 Å². The smallest absolute Gasteiger partial charge is 0.265 e. The summed E-state index contributed by atoms with van der Waals surface area (Å²) in [7, 11) is 1.72. The van der Waals surface area contributed by atoms with Crippen LogP contribution < -0.4 is 4.90 Å². The molecule has 128 valence electrons. The largest absolute Gasteiger partial charge is 0.386 e. The first kappa shape index (κ1) is 16.8. The number of aryl methyl sites for hydroxylation is 1. The maximum absolute atomic E-state index is 12.5. The number of piperidine rings is 1. The maximum atomic E-state index is 12.5. The summed E-state index contributed by atoms with van der Waals surface area (Å²) in [6.07, 6.45) is 4.86. The summed E-state index contributed by atoms with van der Waals surface area (Å²) < 4.78 is 0. The lowest BCUT2D eigenvalue weighted by Crippen LogP contribution is -2.55. The Balaban J connectivity index is 1.69. The molecule has 0 unspecified atom stereocenters. The van der Waals surface area contributed by atoms with Gasteiger partial charge < -0.3 is 14.9 Å². The van der Waals surface area contributed by atoms with Crippen LogP contribution in [0.1, 0.15) is 28.2 Å². The molecule has 3 heterocycles. The molecule has 1 fully saturated rings. The third-order valence-electron chi connectivity index (χ3n) is 4.21. The maximum Gasteiger partial charge on any atom is 0.265 e. The molecule has 1 amide bonds. The summed E-state index contributed by atoms with van der Waals surface area (Å²) in [6.45, 7) is 3.31. The van der Waals surface area contributed by atoms with Gasteiger partial charge in [-0.1, -0.05) is 0 Å². The first-order valence-corrected chi connectivity index (χ1v) is 8.76. The predicted octanol–water partition coefficient (Wildman–Crippen LogP) is 1.35. The van der Waals surface area contributed by atoms with Gasteiger partial charge in [-0.15, -0.1) is 11.3 Å². The first-order chi connectivity index (χ1) is 11.5. The number of carbonyl (C=O) groups excluding carboxylic acids is 1. The van der Waals surface area contributed by atoms with Gasteiger partial charge in [0.2, 0.25) is 5.95 Å². The van der Waals surface area contributed by atoms with E-state index in [1.807, 2.05) is 11.8 Å². The standard InChI is InChI=1S/C16H21N5O2S/c1-12-13(24-11-19-12)14(22)20(2)9-16(23)5-3-8-21(10-16)15-17-6-4-7-18-15/h4,6-7,11,23H,3,5,8-10H2,1-2H3/t16-/m1/s1. The van der Waals surface area contributed by atoms with E-state index in [0.717, 1.165) is 18.7 Å². The van der Waals surface area contributed by atoms with Crippen molar-refractivity contribution in [1.82, 2.24) is 19.9 Å². The molecule has 24 heavy (non-hydrogen) atoms. The molecule has 1 N–H and O–H groups in total. The zero-order valence-electron chi connectivity index (χ0n) is 13.8. The summed E-state index contributed by atoms with van der Waals surface area (Å²) in [6, 6.07) is 1.77. The van der Waals surface area contributed by atoms with Gasteiger partial charge in [0.05, 0.1) is 29.9 Å². The highest BCUT2D eigenvalue weighted by molar-refractivity contribution is 7.11. The molecule has 1 atom stereocenters. The van der Waals surface area contributed by atoms with Crippen LogP contribution in [0.5, 0.6) is 0 Å². The van der Waals surface area contributed by atoms with Crippen LogP contribution >= 0.6 is 11.3 Å². The van der Waals surface area contributed by atoms with Gasteiger partial charge in [-0.05, 0) is 25.8 Å². The number of likely N-dealkylation sites (N-methyl/N-ethyl adjacent to an activating group) is 1. The number of amides is 1. The molecule has 0 aromatic carbocycles. The molecule has 1 aliphatic rings. The Morgan fingerprint density at radius 2 is 2.17 bits per heavy atom. The van der Waals surface area contributed by atoms with Crippen molar-refractivity contribution >= 4 is 23.2 Å². The summed E-state index contributed by atoms with van der Waals surface area (Å²) in [5.74, 6) is 0.513. The van der Waals surface area contributed by atoms with Gasteiger partial charge in [0, 0.05) is 26.0 Å². The molecule has 3 rings (SSSR count). The second-order valence-corrected chi connectivity index (χ2v) is 7.08. The zero-order chi connectivity index (χ0) is 17.2. The molecule has 1 aliphatic heterocycles. The van der Waals surface area contributed by atoms with E-state index < -0.39 is 5.60 Å². The highest BCUT2D eigenvalue weighted by Gasteiger charge is 2.36. The van der Waals surface area contributed by atoms with Crippen LogP contribution in [0.2, 0.25) is 0 Å². The number of aliphatic hydroxyl groups is 1. The zero-order valence-corrected chi connectivity index (χ0v) is 14.7. The van der Waals surface area contributed by atoms with Crippen molar-refractivity contribution in [3.8, 4) is 0 Å². The van der Waals surface area contributed by atoms with Crippen molar-refractivity contribution in [3.05, 3.63) is 34.5 Å². The molecule has 0 saturated carbocycles. The summed E-state index contributed by atoms with van der Waals surface area (Å²) >= 11 is 1.33. The van der Waals surface area contributed by atoms with Crippen molar-refractivity contribution in [2.45, 2.75) is 25.4 Å². The summed E-state index contributed by atoms with van der Waals surface area (Å²) in [4.78, 5) is 29.3. The first-order valence-electron chi connectivity index (χ1n) is 7.88. The van der Waals surface area contributed by atoms with Gasteiger partial charge in [-0.25, -0.2) is 15.0 Å². The minimum absolute atomic E-state index is 0.100. The Bertz CT molecular complexity index is 708. The van der Waals surface area contributed by atoms with Gasteiger partial charge in [0.25, 0.3) is 5.91 Å². The van der Waals surface area contributed by atoms with E-state index in [1.165, 1.54) is 11.3 Å². The van der Waals surface area contributed by atoms with E-state index in [2.05, 4.69) is 15.0 Å². The highest BCUT2D eigenvalue weighted by Crippen LogP contribution is 2.25. The van der Waals surface area contributed by atoms with Crippen LogP contribution in [-0.4, -0.2) is 63.1 Å². The lowest BCUT2D eigenvalue weighted by Gasteiger charge is -2.41. The van der Waals surface area contributed by atoms with Gasteiger partial charge in [0.1, 0.15) is 4.88 Å². The minimum atomic E-state index is -0.972. The minimum Gasteiger partial charge on any atom is -0.386 e. The Morgan fingerprint density at radius 1 is 1.42 bits per heavy atom. The number of thiazole rings is 1. The number of hydrogen-bond acceptors (Lipinski definition) is 7. The normalized spacial score (nSPS) is 20.9. The van der Waals surface area contributed by atoms with E-state index in [1.54, 1.807) is 35.9 Å². The second kappa shape index (κ2) is 6.82. The van der Waals surface area contributed by atoms with Gasteiger partial charge in [-0.2, -0.15) is 0 Å². The highest BCUT2D eigenvalue weighted by atomic mass is 32.1. The molecule has 1 saturated heterocycles. The molecule has 0 aliphatic carbocycles. The van der Waals surface area contributed by atoms with Crippen LogP contribution in [0.4, 0.5) is 5.95 Å². The third-order valence-corrected chi connectivity index (χ3v) is 5.12. The number of aromatic nitrogens is 3. The molecule has 0 spiro atoms. The molecule has 0 bridgehead atoms. The number of carbonyl (C=O) groups is 1. The molecule has 8 heteroatoms. The predicted molar refractivity (Wildman–Crippen MR) is 92.2 cm³/mol. The molecular formula is C16H21N5O2S. The topological polar surface area (TPSA) is 82.5 Å². The number of anilines is 1. The van der Waals surface area contributed by atoms with Crippen molar-refractivity contribution < 1.29 is 9.90 Å². The van der Waals surface area contributed by atoms with Crippen LogP contribution in [0, 0.1) is 6.92 Å². The molecular weight excluding hydrogens is 326 g/mol. The fourth-order valence-electron chi connectivity index (χ4n) is 3.06. The van der Waals surface area contributed by atoms with E-state index in [4.69, 9.17) is 0 Å². The number of nitrogens with zero attached hydrogens (tertiary/aromatic N) is 5. The van der Waals surface area contributed by atoms with E-state index in [9.17, 15) is 9.90 Å². The number of hydrogen-bond donors (Lipinski definition) is 1. The average molecular weight is 347 g/mol. The van der Waals surface area contributed by atoms with Crippen LogP contribution in [0.3, 0.4) is 0 Å². The van der Waals surface area contributed by atoms with Crippen LogP contribution in [-0.2, 0) is 0 Å². The van der Waals surface area contributed by atoms with Crippen molar-refractivity contribution in [3.63, 3.8) is 0 Å². The van der Waals surface area contributed by atoms with Crippen molar-refractivity contribution in [2.75, 3.05) is 31.6 Å². The number of rotatable bonds is 4. The molecule has 2 aromatic rings. The second-order valence-electron chi connectivity index (χ2n) is 6.23. The van der Waals surface area contributed by atoms with Gasteiger partial charge in [0.15, 0.2) is 0 Å². The van der Waals surface area contributed by atoms with Crippen molar-refractivity contribution in [1.29, 1.82) is 0 Å². The molecule has 2 aromatic heterocycles. The summed E-state index contributed by atoms with van der Waals surface area (Å²) in [5, 5.41) is 11.0. The Hall–Kier alpha value is -2.06. The summed E-state index contributed by atoms with van der Waals surface area (Å²) in [5.41, 5.74) is 1.42. The SMILES string of the molecule is Cc1ncsc1C(=O)N(C)C[C@]1(O)CCCN(c2ncccn2)C1. The van der Waals surface area contributed by atoms with E-state index in [0.29, 0.717) is 23.8 Å². The third kappa shape index (κ3) is 3.54. The average Bonchev–Trinajstić information content (AvgIpc) is 3.00. The van der Waals surface area contributed by atoms with E-state index in [-0.39, 0.29) is 12.5 Å². The lowest BCUT2D eigenvalue weighted by molar-refractivity contribution is -0.000202. The Kier molecular flexibility index (Phi) is 4.77. The fraction of sp³-hybridized carbons (Fsp3) is 0.500. The van der Waals surface area contributed by atoms with Crippen LogP contribution in [0.25, 0.3) is 0 Å². The van der Waals surface area contributed by atoms with Crippen LogP contribution in [0.15, 0.2) is 24.0 Å². The van der Waals surface area contributed by atoms with E-state index >= 15 is 0 Å². The fourth-order valence-corrected chi connectivity index (χ4v) is 3.86. The molecule has 7 nitrogen and oxygen atoms in total. The molecule has 0 radical (unpaired) electrons. The van der Waals surface area contributed by atoms with Gasteiger partial charge >= 0.3 is 0 Å². The van der Waals surface area contributed by atoms with Crippen molar-refractivity contribution in [2.24, 2.45) is 0 Å². The number of β-amino-alcohol motifs (C(OH)–C–C–N with tert-alkyl or cyclic N) is 1. The monoisotopic (exact) mass is 347 g/mol. The quantitative estimate of drug-likeness (QED) is 0.899.